The molecule has 0 spiro atoms. The van der Waals surface area contributed by atoms with Crippen molar-refractivity contribution in [1.29, 1.82) is 0 Å². The number of hydrogen-bond donors (Lipinski definition) is 1. The number of piperidine rings is 1. The highest BCUT2D eigenvalue weighted by atomic mass is 79.9. The maximum atomic E-state index is 5.74. The van der Waals surface area contributed by atoms with Crippen molar-refractivity contribution in [2.45, 2.75) is 19.8 Å². The lowest BCUT2D eigenvalue weighted by atomic mass is 9.98. The first-order valence-electron chi connectivity index (χ1n) is 5.78. The van der Waals surface area contributed by atoms with Crippen LogP contribution in [0.4, 0.5) is 5.82 Å². The van der Waals surface area contributed by atoms with E-state index in [0.29, 0.717) is 5.92 Å². The lowest BCUT2D eigenvalue weighted by Crippen LogP contribution is -2.38. The first kappa shape index (κ1) is 11.9. The van der Waals surface area contributed by atoms with Crippen LogP contribution in [0.25, 0.3) is 0 Å². The highest BCUT2D eigenvalue weighted by molar-refractivity contribution is 9.10. The van der Waals surface area contributed by atoms with Gasteiger partial charge in [0.15, 0.2) is 0 Å². The molecule has 1 aliphatic rings. The number of rotatable bonds is 2. The van der Waals surface area contributed by atoms with E-state index in [9.17, 15) is 0 Å². The van der Waals surface area contributed by atoms with E-state index >= 15 is 0 Å². The second-order valence-corrected chi connectivity index (χ2v) is 5.34. The van der Waals surface area contributed by atoms with Crippen molar-refractivity contribution in [2.75, 3.05) is 24.5 Å². The van der Waals surface area contributed by atoms with Crippen LogP contribution in [0.2, 0.25) is 0 Å². The van der Waals surface area contributed by atoms with E-state index in [4.69, 9.17) is 5.73 Å². The molecule has 0 bridgehead atoms. The molecule has 1 saturated heterocycles. The van der Waals surface area contributed by atoms with E-state index in [1.54, 1.807) is 0 Å². The van der Waals surface area contributed by atoms with Crippen LogP contribution in [0.3, 0.4) is 0 Å². The molecule has 3 nitrogen and oxygen atoms in total. The van der Waals surface area contributed by atoms with Gasteiger partial charge in [0.25, 0.3) is 0 Å². The van der Waals surface area contributed by atoms with Crippen molar-refractivity contribution in [2.24, 2.45) is 11.7 Å². The zero-order valence-electron chi connectivity index (χ0n) is 9.62. The van der Waals surface area contributed by atoms with E-state index in [2.05, 4.69) is 38.8 Å². The van der Waals surface area contributed by atoms with Gasteiger partial charge in [-0.05, 0) is 59.8 Å². The SMILES string of the molecule is Cc1cc(N2CCCC(CN)C2)ncc1Br. The third-order valence-corrected chi connectivity index (χ3v) is 4.04. The minimum absolute atomic E-state index is 0.625. The average Bonchev–Trinajstić information content (AvgIpc) is 2.33. The summed E-state index contributed by atoms with van der Waals surface area (Å²) < 4.78 is 1.07. The summed E-state index contributed by atoms with van der Waals surface area (Å²) in [6, 6.07) is 2.14. The Labute approximate surface area is 105 Å². The van der Waals surface area contributed by atoms with Crippen LogP contribution in [0.1, 0.15) is 18.4 Å². The standard InChI is InChI=1S/C12H18BrN3/c1-9-5-12(15-7-11(9)13)16-4-2-3-10(6-14)8-16/h5,7,10H,2-4,6,8,14H2,1H3. The van der Waals surface area contributed by atoms with Gasteiger partial charge in [-0.3, -0.25) is 0 Å². The zero-order valence-corrected chi connectivity index (χ0v) is 11.2. The Morgan fingerprint density at radius 2 is 2.44 bits per heavy atom. The van der Waals surface area contributed by atoms with Gasteiger partial charge in [-0.1, -0.05) is 0 Å². The molecule has 0 aromatic carbocycles. The van der Waals surface area contributed by atoms with Gasteiger partial charge in [-0.15, -0.1) is 0 Å². The fourth-order valence-corrected chi connectivity index (χ4v) is 2.38. The molecule has 1 atom stereocenters. The number of pyridine rings is 1. The topological polar surface area (TPSA) is 42.1 Å². The lowest BCUT2D eigenvalue weighted by Gasteiger charge is -2.33. The monoisotopic (exact) mass is 283 g/mol. The minimum atomic E-state index is 0.625. The maximum absolute atomic E-state index is 5.74. The molecular weight excluding hydrogens is 266 g/mol. The Morgan fingerprint density at radius 3 is 3.12 bits per heavy atom. The van der Waals surface area contributed by atoms with E-state index in [1.807, 2.05) is 6.20 Å². The summed E-state index contributed by atoms with van der Waals surface area (Å²) in [6.07, 6.45) is 4.36. The molecule has 2 rings (SSSR count). The second kappa shape index (κ2) is 5.15. The highest BCUT2D eigenvalue weighted by Gasteiger charge is 2.19. The molecule has 0 amide bonds. The summed E-state index contributed by atoms with van der Waals surface area (Å²) >= 11 is 3.48. The Kier molecular flexibility index (Phi) is 3.82. The van der Waals surface area contributed by atoms with Gasteiger partial charge >= 0.3 is 0 Å². The molecule has 1 fully saturated rings. The van der Waals surface area contributed by atoms with E-state index in [-0.39, 0.29) is 0 Å². The van der Waals surface area contributed by atoms with Crippen molar-refractivity contribution < 1.29 is 0 Å². The van der Waals surface area contributed by atoms with Gasteiger partial charge in [0.05, 0.1) is 0 Å². The fourth-order valence-electron chi connectivity index (χ4n) is 2.16. The number of aromatic nitrogens is 1. The largest absolute Gasteiger partial charge is 0.356 e. The molecule has 2 N–H and O–H groups in total. The molecule has 1 aromatic rings. The smallest absolute Gasteiger partial charge is 0.128 e. The van der Waals surface area contributed by atoms with Crippen LogP contribution in [0.5, 0.6) is 0 Å². The first-order valence-corrected chi connectivity index (χ1v) is 6.57. The van der Waals surface area contributed by atoms with Crippen molar-refractivity contribution in [1.82, 2.24) is 4.98 Å². The number of anilines is 1. The van der Waals surface area contributed by atoms with Crippen molar-refractivity contribution in [3.8, 4) is 0 Å². The number of aryl methyl sites for hydroxylation is 1. The predicted molar refractivity (Wildman–Crippen MR) is 70.7 cm³/mol. The lowest BCUT2D eigenvalue weighted by molar-refractivity contribution is 0.421. The van der Waals surface area contributed by atoms with Gasteiger partial charge in [0, 0.05) is 23.8 Å². The summed E-state index contributed by atoms with van der Waals surface area (Å²) in [6.45, 7) is 5.03. The normalized spacial score (nSPS) is 21.2. The second-order valence-electron chi connectivity index (χ2n) is 4.48. The van der Waals surface area contributed by atoms with Crippen LogP contribution in [-0.2, 0) is 0 Å². The van der Waals surface area contributed by atoms with Crippen LogP contribution in [0, 0.1) is 12.8 Å². The van der Waals surface area contributed by atoms with Crippen LogP contribution in [0.15, 0.2) is 16.7 Å². The van der Waals surface area contributed by atoms with Gasteiger partial charge in [-0.2, -0.15) is 0 Å². The molecule has 1 aliphatic heterocycles. The highest BCUT2D eigenvalue weighted by Crippen LogP contribution is 2.24. The predicted octanol–water partition coefficient (Wildman–Crippen LogP) is 2.33. The average molecular weight is 284 g/mol. The van der Waals surface area contributed by atoms with Crippen molar-refractivity contribution in [3.05, 3.63) is 22.3 Å². The summed E-state index contributed by atoms with van der Waals surface area (Å²) in [5, 5.41) is 0. The fraction of sp³-hybridized carbons (Fsp3) is 0.583. The van der Waals surface area contributed by atoms with E-state index in [1.165, 1.54) is 18.4 Å². The van der Waals surface area contributed by atoms with Crippen molar-refractivity contribution >= 4 is 21.7 Å². The van der Waals surface area contributed by atoms with Crippen molar-refractivity contribution in [3.63, 3.8) is 0 Å². The molecule has 0 aliphatic carbocycles. The Hall–Kier alpha value is -0.610. The van der Waals surface area contributed by atoms with Gasteiger partial charge in [0.1, 0.15) is 5.82 Å². The third kappa shape index (κ3) is 2.55. The van der Waals surface area contributed by atoms with Gasteiger partial charge in [0.2, 0.25) is 0 Å². The third-order valence-electron chi connectivity index (χ3n) is 3.21. The first-order chi connectivity index (χ1) is 7.70. The molecule has 0 saturated carbocycles. The summed E-state index contributed by atoms with van der Waals surface area (Å²) in [4.78, 5) is 6.82. The van der Waals surface area contributed by atoms with Crippen LogP contribution in [-0.4, -0.2) is 24.6 Å². The summed E-state index contributed by atoms with van der Waals surface area (Å²) in [5.74, 6) is 1.71. The molecule has 16 heavy (non-hydrogen) atoms. The molecular formula is C12H18BrN3. The van der Waals surface area contributed by atoms with Gasteiger partial charge < -0.3 is 10.6 Å². The number of nitrogens with zero attached hydrogens (tertiary/aromatic N) is 2. The number of halogens is 1. The number of hydrogen-bond acceptors (Lipinski definition) is 3. The van der Waals surface area contributed by atoms with Crippen LogP contribution < -0.4 is 10.6 Å². The van der Waals surface area contributed by atoms with E-state index < -0.39 is 0 Å². The Morgan fingerprint density at radius 1 is 1.62 bits per heavy atom. The van der Waals surface area contributed by atoms with Crippen LogP contribution >= 0.6 is 15.9 Å². The van der Waals surface area contributed by atoms with Gasteiger partial charge in [-0.25, -0.2) is 4.98 Å². The molecule has 1 aromatic heterocycles. The molecule has 2 heterocycles. The quantitative estimate of drug-likeness (QED) is 0.906. The minimum Gasteiger partial charge on any atom is -0.356 e. The van der Waals surface area contributed by atoms with E-state index in [0.717, 1.165) is 29.9 Å². The summed E-state index contributed by atoms with van der Waals surface area (Å²) in [7, 11) is 0. The molecule has 0 radical (unpaired) electrons. The Bertz CT molecular complexity index is 367. The zero-order chi connectivity index (χ0) is 11.5. The number of nitrogens with two attached hydrogens (primary N) is 1. The maximum Gasteiger partial charge on any atom is 0.128 e. The Balaban J connectivity index is 2.13. The summed E-state index contributed by atoms with van der Waals surface area (Å²) in [5.41, 5.74) is 6.98. The molecule has 1 unspecified atom stereocenters. The molecule has 4 heteroatoms. The molecule has 88 valence electrons.